The van der Waals surface area contributed by atoms with Crippen molar-refractivity contribution in [1.29, 1.82) is 10.5 Å². The van der Waals surface area contributed by atoms with Crippen LogP contribution >= 0.6 is 11.6 Å². The van der Waals surface area contributed by atoms with Gasteiger partial charge in [-0.1, -0.05) is 11.6 Å². The summed E-state index contributed by atoms with van der Waals surface area (Å²) in [5.74, 6) is 0.551. The molecule has 0 aliphatic rings. The molecule has 0 radical (unpaired) electrons. The zero-order chi connectivity index (χ0) is 19.6. The molecule has 3 rings (SSSR count). The Kier molecular flexibility index (Phi) is 4.62. The second-order valence-corrected chi connectivity index (χ2v) is 5.67. The molecule has 9 nitrogen and oxygen atoms in total. The van der Waals surface area contributed by atoms with Crippen molar-refractivity contribution in [1.82, 2.24) is 10.2 Å². The lowest BCUT2D eigenvalue weighted by molar-refractivity contribution is -0.384. The van der Waals surface area contributed by atoms with Gasteiger partial charge >= 0.3 is 0 Å². The highest BCUT2D eigenvalue weighted by Crippen LogP contribution is 2.33. The first-order valence-corrected chi connectivity index (χ1v) is 7.72. The number of furan rings is 1. The summed E-state index contributed by atoms with van der Waals surface area (Å²) in [5.41, 5.74) is 6.09. The number of non-ortho nitro benzene ring substituents is 1. The number of rotatable bonds is 4. The average Bonchev–Trinajstić information content (AvgIpc) is 3.26. The fourth-order valence-electron chi connectivity index (χ4n) is 2.36. The van der Waals surface area contributed by atoms with E-state index in [1.54, 1.807) is 12.1 Å². The van der Waals surface area contributed by atoms with Crippen molar-refractivity contribution in [3.8, 4) is 23.5 Å². The number of H-pyrrole nitrogens is 1. The van der Waals surface area contributed by atoms with Crippen molar-refractivity contribution < 1.29 is 9.34 Å². The van der Waals surface area contributed by atoms with E-state index in [0.29, 0.717) is 5.56 Å². The van der Waals surface area contributed by atoms with E-state index >= 15 is 0 Å². The Morgan fingerprint density at radius 3 is 2.81 bits per heavy atom. The van der Waals surface area contributed by atoms with E-state index in [9.17, 15) is 15.4 Å². The van der Waals surface area contributed by atoms with Gasteiger partial charge in [-0.15, -0.1) is 0 Å². The molecule has 0 atom stereocenters. The molecule has 0 aliphatic heterocycles. The van der Waals surface area contributed by atoms with E-state index in [4.69, 9.17) is 27.0 Å². The Bertz CT molecular complexity index is 1160. The van der Waals surface area contributed by atoms with Crippen LogP contribution in [0.1, 0.15) is 17.0 Å². The third kappa shape index (κ3) is 3.35. The topological polar surface area (TPSA) is 159 Å². The van der Waals surface area contributed by atoms with Crippen molar-refractivity contribution >= 4 is 34.8 Å². The summed E-state index contributed by atoms with van der Waals surface area (Å²) >= 11 is 6.10. The molecule has 0 saturated heterocycles. The second kappa shape index (κ2) is 7.04. The first kappa shape index (κ1) is 17.7. The van der Waals surface area contributed by atoms with Crippen LogP contribution in [0.3, 0.4) is 0 Å². The molecule has 3 N–H and O–H groups in total. The van der Waals surface area contributed by atoms with Gasteiger partial charge in [0.15, 0.2) is 5.82 Å². The number of aromatic nitrogens is 2. The molecular formula is C17H9ClN6O3. The number of nitriles is 2. The van der Waals surface area contributed by atoms with Crippen LogP contribution < -0.4 is 5.73 Å². The molecule has 0 aliphatic carbocycles. The molecule has 0 spiro atoms. The maximum absolute atomic E-state index is 10.9. The minimum atomic E-state index is -0.538. The normalized spacial score (nSPS) is 11.0. The van der Waals surface area contributed by atoms with Crippen LogP contribution in [0.2, 0.25) is 5.02 Å². The van der Waals surface area contributed by atoms with Gasteiger partial charge in [0.2, 0.25) is 0 Å². The second-order valence-electron chi connectivity index (χ2n) is 5.26. The van der Waals surface area contributed by atoms with Gasteiger partial charge in [-0.2, -0.15) is 15.6 Å². The number of nitro groups is 1. The predicted molar refractivity (Wildman–Crippen MR) is 97.0 cm³/mol. The van der Waals surface area contributed by atoms with E-state index in [1.165, 1.54) is 24.3 Å². The van der Waals surface area contributed by atoms with Crippen LogP contribution in [0.4, 0.5) is 11.5 Å². The fraction of sp³-hybridized carbons (Fsp3) is 0. The summed E-state index contributed by atoms with van der Waals surface area (Å²) in [7, 11) is 0. The van der Waals surface area contributed by atoms with Crippen LogP contribution in [-0.4, -0.2) is 15.1 Å². The van der Waals surface area contributed by atoms with E-state index in [-0.39, 0.29) is 44.9 Å². The number of benzene rings is 1. The number of nitrogen functional groups attached to an aromatic ring is 1. The predicted octanol–water partition coefficient (Wildman–Crippen LogP) is 3.75. The third-order valence-electron chi connectivity index (χ3n) is 3.64. The smallest absolute Gasteiger partial charge is 0.270 e. The molecule has 2 heterocycles. The molecule has 0 amide bonds. The number of halogens is 1. The molecule has 0 unspecified atom stereocenters. The van der Waals surface area contributed by atoms with E-state index in [1.807, 2.05) is 12.1 Å². The lowest BCUT2D eigenvalue weighted by atomic mass is 10.1. The summed E-state index contributed by atoms with van der Waals surface area (Å²) in [6.07, 6.45) is 1.39. The average molecular weight is 381 g/mol. The van der Waals surface area contributed by atoms with Gasteiger partial charge in [0.05, 0.1) is 21.2 Å². The fourth-order valence-corrected chi connectivity index (χ4v) is 2.57. The SMILES string of the molecule is N#C/C(=C\c1ccc(-c2cc([N+](=O)[O-])ccc2Cl)o1)c1[nH]nc(N)c1C#N. The lowest BCUT2D eigenvalue weighted by Crippen LogP contribution is -1.89. The molecule has 10 heteroatoms. The molecule has 3 aromatic rings. The standard InChI is InChI=1S/C17H9ClN6O3/c18-14-3-1-10(24(25)26)6-12(14)15-4-2-11(27-15)5-9(7-19)16-13(8-20)17(21)23-22-16/h1-6H,(H3,21,22,23)/b9-5+. The highest BCUT2D eigenvalue weighted by atomic mass is 35.5. The molecule has 0 fully saturated rings. The number of allylic oxidation sites excluding steroid dienone is 1. The summed E-state index contributed by atoms with van der Waals surface area (Å²) in [6.45, 7) is 0. The summed E-state index contributed by atoms with van der Waals surface area (Å²) in [6, 6.07) is 10.9. The zero-order valence-electron chi connectivity index (χ0n) is 13.4. The minimum Gasteiger partial charge on any atom is -0.457 e. The van der Waals surface area contributed by atoms with Gasteiger partial charge in [-0.25, -0.2) is 0 Å². The quantitative estimate of drug-likeness (QED) is 0.396. The number of anilines is 1. The molecule has 1 aromatic carbocycles. The van der Waals surface area contributed by atoms with Crippen molar-refractivity contribution in [3.63, 3.8) is 0 Å². The Balaban J connectivity index is 2.02. The first-order chi connectivity index (χ1) is 12.9. The van der Waals surface area contributed by atoms with Gasteiger partial charge < -0.3 is 10.2 Å². The number of nitrogens with zero attached hydrogens (tertiary/aromatic N) is 4. The number of hydrogen-bond acceptors (Lipinski definition) is 7. The van der Waals surface area contributed by atoms with Crippen molar-refractivity contribution in [2.45, 2.75) is 0 Å². The van der Waals surface area contributed by atoms with Crippen LogP contribution in [0.5, 0.6) is 0 Å². The molecular weight excluding hydrogens is 372 g/mol. The number of nitro benzene ring substituents is 1. The molecule has 2 aromatic heterocycles. The van der Waals surface area contributed by atoms with Gasteiger partial charge in [0.25, 0.3) is 5.69 Å². The number of hydrogen-bond donors (Lipinski definition) is 2. The monoisotopic (exact) mass is 380 g/mol. The zero-order valence-corrected chi connectivity index (χ0v) is 14.2. The van der Waals surface area contributed by atoms with Crippen LogP contribution in [-0.2, 0) is 0 Å². The molecule has 27 heavy (non-hydrogen) atoms. The van der Waals surface area contributed by atoms with Gasteiger partial charge in [0.1, 0.15) is 29.2 Å². The molecule has 132 valence electrons. The Morgan fingerprint density at radius 2 is 2.15 bits per heavy atom. The van der Waals surface area contributed by atoms with Crippen molar-refractivity contribution in [3.05, 3.63) is 62.5 Å². The molecule has 0 bridgehead atoms. The number of aromatic amines is 1. The number of nitrogens with one attached hydrogen (secondary N) is 1. The minimum absolute atomic E-state index is 0.0165. The molecule has 0 saturated carbocycles. The van der Waals surface area contributed by atoms with Crippen molar-refractivity contribution in [2.75, 3.05) is 5.73 Å². The van der Waals surface area contributed by atoms with E-state index < -0.39 is 4.92 Å². The third-order valence-corrected chi connectivity index (χ3v) is 3.97. The summed E-state index contributed by atoms with van der Waals surface area (Å²) < 4.78 is 5.64. The van der Waals surface area contributed by atoms with Gasteiger partial charge in [-0.3, -0.25) is 15.2 Å². The number of nitrogens with two attached hydrogens (primary N) is 1. The van der Waals surface area contributed by atoms with E-state index in [2.05, 4.69) is 10.2 Å². The van der Waals surface area contributed by atoms with E-state index in [0.717, 1.165) is 0 Å². The maximum atomic E-state index is 10.9. The Morgan fingerprint density at radius 1 is 1.37 bits per heavy atom. The van der Waals surface area contributed by atoms with Crippen LogP contribution in [0, 0.1) is 32.8 Å². The van der Waals surface area contributed by atoms with Gasteiger partial charge in [-0.05, 0) is 18.2 Å². The Labute approximate surface area is 157 Å². The first-order valence-electron chi connectivity index (χ1n) is 7.35. The van der Waals surface area contributed by atoms with Crippen molar-refractivity contribution in [2.24, 2.45) is 0 Å². The highest BCUT2D eigenvalue weighted by molar-refractivity contribution is 6.33. The Hall–Kier alpha value is -4.08. The summed E-state index contributed by atoms with van der Waals surface area (Å²) in [4.78, 5) is 10.4. The van der Waals surface area contributed by atoms with Crippen LogP contribution in [0.25, 0.3) is 23.0 Å². The lowest BCUT2D eigenvalue weighted by Gasteiger charge is -2.01. The highest BCUT2D eigenvalue weighted by Gasteiger charge is 2.17. The summed E-state index contributed by atoms with van der Waals surface area (Å²) in [5, 5.41) is 36.0. The van der Waals surface area contributed by atoms with Crippen LogP contribution in [0.15, 0.2) is 34.7 Å². The maximum Gasteiger partial charge on any atom is 0.270 e. The van der Waals surface area contributed by atoms with Gasteiger partial charge in [0, 0.05) is 23.8 Å². The largest absolute Gasteiger partial charge is 0.457 e.